The number of rotatable bonds is 1. The topological polar surface area (TPSA) is 0 Å². The number of hydrogen-bond acceptors (Lipinski definition) is 0. The molecule has 2 rings (SSSR count). The monoisotopic (exact) mass is 137 g/mol. The molecule has 0 spiro atoms. The van der Waals surface area contributed by atoms with Crippen molar-refractivity contribution in [3.05, 3.63) is 5.92 Å². The van der Waals surface area contributed by atoms with Crippen molar-refractivity contribution in [3.8, 4) is 0 Å². The van der Waals surface area contributed by atoms with E-state index in [2.05, 4.69) is 6.92 Å². The van der Waals surface area contributed by atoms with E-state index in [0.29, 0.717) is 0 Å². The lowest BCUT2D eigenvalue weighted by Gasteiger charge is -2.30. The van der Waals surface area contributed by atoms with E-state index in [0.717, 1.165) is 11.8 Å². The van der Waals surface area contributed by atoms with Crippen LogP contribution < -0.4 is 0 Å². The fourth-order valence-electron chi connectivity index (χ4n) is 2.27. The zero-order chi connectivity index (χ0) is 6.97. The normalized spacial score (nSPS) is 36.3. The van der Waals surface area contributed by atoms with E-state index >= 15 is 0 Å². The van der Waals surface area contributed by atoms with E-state index in [9.17, 15) is 0 Å². The van der Waals surface area contributed by atoms with Crippen LogP contribution in [0.1, 0.15) is 45.4 Å². The first kappa shape index (κ1) is 6.69. The minimum Gasteiger partial charge on any atom is -0.0625 e. The van der Waals surface area contributed by atoms with Crippen molar-refractivity contribution in [1.29, 1.82) is 0 Å². The Morgan fingerprint density at radius 3 is 2.40 bits per heavy atom. The van der Waals surface area contributed by atoms with E-state index in [1.54, 1.807) is 0 Å². The highest BCUT2D eigenvalue weighted by Crippen LogP contribution is 2.45. The molecule has 0 aromatic heterocycles. The summed E-state index contributed by atoms with van der Waals surface area (Å²) in [6.07, 6.45) is 8.94. The summed E-state index contributed by atoms with van der Waals surface area (Å²) in [4.78, 5) is 0. The average Bonchev–Trinajstić information content (AvgIpc) is 2.10. The fourth-order valence-corrected chi connectivity index (χ4v) is 2.27. The van der Waals surface area contributed by atoms with Crippen LogP contribution in [0.4, 0.5) is 0 Å². The van der Waals surface area contributed by atoms with Crippen molar-refractivity contribution in [2.24, 2.45) is 11.8 Å². The van der Waals surface area contributed by atoms with Gasteiger partial charge in [-0.25, -0.2) is 0 Å². The molecule has 0 N–H and O–H groups in total. The van der Waals surface area contributed by atoms with E-state index < -0.39 is 0 Å². The minimum absolute atomic E-state index is 1.01. The van der Waals surface area contributed by atoms with Crippen LogP contribution in [0.5, 0.6) is 0 Å². The zero-order valence-electron chi connectivity index (χ0n) is 6.90. The van der Waals surface area contributed by atoms with Crippen molar-refractivity contribution in [2.45, 2.75) is 45.4 Å². The molecule has 0 unspecified atom stereocenters. The molecule has 2 aliphatic carbocycles. The van der Waals surface area contributed by atoms with Gasteiger partial charge in [-0.1, -0.05) is 19.8 Å². The third kappa shape index (κ3) is 1.09. The predicted octanol–water partition coefficient (Wildman–Crippen LogP) is 3.18. The first-order valence-corrected chi connectivity index (χ1v) is 4.71. The van der Waals surface area contributed by atoms with Crippen LogP contribution in [-0.4, -0.2) is 0 Å². The SMILES string of the molecule is C[C@H]1CC[C](C2CCC2)C1. The van der Waals surface area contributed by atoms with Crippen LogP contribution in [0.2, 0.25) is 0 Å². The minimum atomic E-state index is 1.01. The van der Waals surface area contributed by atoms with Gasteiger partial charge in [-0.2, -0.15) is 0 Å². The average molecular weight is 137 g/mol. The second kappa shape index (κ2) is 2.56. The molecule has 0 aromatic carbocycles. The lowest BCUT2D eigenvalue weighted by Crippen LogP contribution is -2.17. The van der Waals surface area contributed by atoms with Crippen LogP contribution in [-0.2, 0) is 0 Å². The number of hydrogen-bond donors (Lipinski definition) is 0. The highest BCUT2D eigenvalue weighted by atomic mass is 14.4. The maximum absolute atomic E-state index is 2.39. The third-order valence-electron chi connectivity index (χ3n) is 3.25. The molecule has 0 saturated heterocycles. The van der Waals surface area contributed by atoms with E-state index in [1.807, 2.05) is 5.92 Å². The standard InChI is InChI=1S/C10H17/c1-8-5-6-10(7-8)9-3-2-4-9/h8-9H,2-7H2,1H3/t8-/m0/s1. The van der Waals surface area contributed by atoms with Gasteiger partial charge in [-0.15, -0.1) is 0 Å². The molecule has 0 heterocycles. The highest BCUT2D eigenvalue weighted by molar-refractivity contribution is 5.04. The van der Waals surface area contributed by atoms with Gasteiger partial charge in [0.25, 0.3) is 0 Å². The molecule has 0 heteroatoms. The van der Waals surface area contributed by atoms with E-state index in [-0.39, 0.29) is 0 Å². The Bertz CT molecular complexity index is 113. The Morgan fingerprint density at radius 2 is 2.00 bits per heavy atom. The molecule has 0 bridgehead atoms. The molecular weight excluding hydrogens is 120 g/mol. The Balaban J connectivity index is 1.82. The molecular formula is C10H17. The molecule has 2 fully saturated rings. The summed E-state index contributed by atoms with van der Waals surface area (Å²) in [6, 6.07) is 0. The maximum Gasteiger partial charge on any atom is -0.0207 e. The molecule has 0 aliphatic heterocycles. The van der Waals surface area contributed by atoms with Crippen LogP contribution >= 0.6 is 0 Å². The van der Waals surface area contributed by atoms with Gasteiger partial charge in [0, 0.05) is 0 Å². The third-order valence-corrected chi connectivity index (χ3v) is 3.25. The van der Waals surface area contributed by atoms with Gasteiger partial charge in [0.2, 0.25) is 0 Å². The first-order chi connectivity index (χ1) is 4.86. The van der Waals surface area contributed by atoms with Crippen molar-refractivity contribution in [2.75, 3.05) is 0 Å². The predicted molar refractivity (Wildman–Crippen MR) is 43.6 cm³/mol. The molecule has 1 radical (unpaired) electrons. The Morgan fingerprint density at radius 1 is 1.20 bits per heavy atom. The molecule has 57 valence electrons. The molecule has 0 aromatic rings. The Labute approximate surface area is 64.0 Å². The molecule has 0 nitrogen and oxygen atoms in total. The Hall–Kier alpha value is 0. The summed E-state index contributed by atoms with van der Waals surface area (Å²) in [7, 11) is 0. The lowest BCUT2D eigenvalue weighted by atomic mass is 9.75. The maximum atomic E-state index is 2.39. The quantitative estimate of drug-likeness (QED) is 0.520. The van der Waals surface area contributed by atoms with Gasteiger partial charge >= 0.3 is 0 Å². The highest BCUT2D eigenvalue weighted by Gasteiger charge is 2.32. The molecule has 0 amide bonds. The summed E-state index contributed by atoms with van der Waals surface area (Å²) < 4.78 is 0. The van der Waals surface area contributed by atoms with E-state index in [1.165, 1.54) is 38.5 Å². The Kier molecular flexibility index (Phi) is 1.71. The lowest BCUT2D eigenvalue weighted by molar-refractivity contribution is 0.317. The van der Waals surface area contributed by atoms with E-state index in [4.69, 9.17) is 0 Å². The van der Waals surface area contributed by atoms with Crippen molar-refractivity contribution >= 4 is 0 Å². The summed E-state index contributed by atoms with van der Waals surface area (Å²) in [5.41, 5.74) is 0. The zero-order valence-corrected chi connectivity index (χ0v) is 6.90. The summed E-state index contributed by atoms with van der Waals surface area (Å²) in [5.74, 6) is 4.00. The summed E-state index contributed by atoms with van der Waals surface area (Å²) in [6.45, 7) is 2.39. The molecule has 1 atom stereocenters. The summed E-state index contributed by atoms with van der Waals surface area (Å²) >= 11 is 0. The summed E-state index contributed by atoms with van der Waals surface area (Å²) in [5, 5.41) is 0. The molecule has 10 heavy (non-hydrogen) atoms. The van der Waals surface area contributed by atoms with Crippen molar-refractivity contribution in [1.82, 2.24) is 0 Å². The van der Waals surface area contributed by atoms with Gasteiger partial charge < -0.3 is 0 Å². The van der Waals surface area contributed by atoms with Crippen LogP contribution in [0.15, 0.2) is 0 Å². The van der Waals surface area contributed by atoms with Gasteiger partial charge in [0.1, 0.15) is 0 Å². The van der Waals surface area contributed by atoms with Gasteiger partial charge in [0.05, 0.1) is 0 Å². The van der Waals surface area contributed by atoms with Crippen molar-refractivity contribution < 1.29 is 0 Å². The van der Waals surface area contributed by atoms with Gasteiger partial charge in [0.15, 0.2) is 0 Å². The van der Waals surface area contributed by atoms with Crippen LogP contribution in [0, 0.1) is 17.8 Å². The molecule has 2 aliphatic rings. The first-order valence-electron chi connectivity index (χ1n) is 4.71. The second-order valence-electron chi connectivity index (χ2n) is 4.13. The van der Waals surface area contributed by atoms with Crippen LogP contribution in [0.25, 0.3) is 0 Å². The van der Waals surface area contributed by atoms with Gasteiger partial charge in [-0.3, -0.25) is 0 Å². The molecule has 2 saturated carbocycles. The second-order valence-corrected chi connectivity index (χ2v) is 4.13. The smallest absolute Gasteiger partial charge is 0.0207 e. The van der Waals surface area contributed by atoms with Crippen molar-refractivity contribution in [3.63, 3.8) is 0 Å². The van der Waals surface area contributed by atoms with Gasteiger partial charge in [-0.05, 0) is 43.4 Å². The van der Waals surface area contributed by atoms with Crippen LogP contribution in [0.3, 0.4) is 0 Å². The largest absolute Gasteiger partial charge is 0.0625 e. The fraction of sp³-hybridized carbons (Fsp3) is 0.900.